The van der Waals surface area contributed by atoms with Crippen LogP contribution in [0.2, 0.25) is 0 Å². The molecule has 502 valence electrons. The maximum atomic E-state index is 14.5. The summed E-state index contributed by atoms with van der Waals surface area (Å²) in [6, 6.07) is -2.29. The number of nitrogens with zero attached hydrogens (tertiary/aromatic N) is 4. The minimum absolute atomic E-state index is 0.00713. The van der Waals surface area contributed by atoms with Gasteiger partial charge in [0.05, 0.1) is 24.7 Å². The van der Waals surface area contributed by atoms with Crippen LogP contribution in [0, 0.1) is 79.8 Å². The number of nitrogens with one attached hydrogen (secondary N) is 2. The lowest BCUT2D eigenvalue weighted by Gasteiger charge is -2.38. The lowest BCUT2D eigenvalue weighted by atomic mass is 9.74. The Balaban J connectivity index is 0.000000470. The van der Waals surface area contributed by atoms with E-state index in [1.54, 1.807) is 23.9 Å². The Morgan fingerprint density at radius 2 is 0.977 bits per heavy atom. The number of hydrogen-bond donors (Lipinski definition) is 3. The molecule has 12 atom stereocenters. The number of aliphatic hydroxyl groups excluding tert-OH is 1. The van der Waals surface area contributed by atoms with Crippen LogP contribution in [0.25, 0.3) is 0 Å². The molecule has 0 aromatic rings. The number of amides is 4. The van der Waals surface area contributed by atoms with E-state index in [0.29, 0.717) is 25.9 Å². The molecule has 2 saturated carbocycles. The number of ether oxygens (including phenoxy) is 1. The Labute approximate surface area is 525 Å². The highest BCUT2D eigenvalue weighted by atomic mass is 32.2. The van der Waals surface area contributed by atoms with Gasteiger partial charge in [-0.3, -0.25) is 28.8 Å². The van der Waals surface area contributed by atoms with E-state index in [-0.39, 0.29) is 102 Å². The first-order valence-corrected chi connectivity index (χ1v) is 34.7. The summed E-state index contributed by atoms with van der Waals surface area (Å²) in [6.07, 6.45) is 1.01. The molecule has 19 nitrogen and oxygen atoms in total. The zero-order valence-electron chi connectivity index (χ0n) is 58.4. The number of carbonyl (C=O) groups excluding carboxylic acids is 7. The van der Waals surface area contributed by atoms with Crippen molar-refractivity contribution in [2.45, 2.75) is 233 Å². The van der Waals surface area contributed by atoms with Crippen LogP contribution in [0.15, 0.2) is 12.7 Å². The van der Waals surface area contributed by atoms with E-state index in [4.69, 9.17) is 4.74 Å². The molecule has 0 radical (unpaired) electrons. The third-order valence-electron chi connectivity index (χ3n) is 20.2. The highest BCUT2D eigenvalue weighted by Gasteiger charge is 2.71. The van der Waals surface area contributed by atoms with Crippen molar-refractivity contribution in [1.82, 2.24) is 29.0 Å². The lowest BCUT2D eigenvalue weighted by Crippen LogP contribution is -2.57. The van der Waals surface area contributed by atoms with Gasteiger partial charge >= 0.3 is 5.97 Å². The van der Waals surface area contributed by atoms with Gasteiger partial charge in [0.1, 0.15) is 23.7 Å². The van der Waals surface area contributed by atoms with E-state index in [1.807, 2.05) is 132 Å². The third-order valence-corrected chi connectivity index (χ3v) is 24.6. The van der Waals surface area contributed by atoms with E-state index < -0.39 is 118 Å². The molecule has 2 aliphatic heterocycles. The Morgan fingerprint density at radius 3 is 1.29 bits per heavy atom. The normalized spacial score (nSPS) is 24.1. The number of fused-ring (bicyclic) bond motifs is 2. The smallest absolute Gasteiger partial charge is 0.328 e. The van der Waals surface area contributed by atoms with Gasteiger partial charge in [-0.2, -0.15) is 8.61 Å². The van der Waals surface area contributed by atoms with Gasteiger partial charge < -0.3 is 30.3 Å². The van der Waals surface area contributed by atoms with Gasteiger partial charge in [-0.25, -0.2) is 21.6 Å². The molecule has 0 spiro atoms. The number of methoxy groups -OCH3 is 1. The predicted octanol–water partition coefficient (Wildman–Crippen LogP) is 8.53. The molecular weight excluding hydrogens is 1150 g/mol. The number of rotatable bonds is 25. The Kier molecular flexibility index (Phi) is 24.6. The summed E-state index contributed by atoms with van der Waals surface area (Å²) in [6.45, 7) is 49.0. The van der Waals surface area contributed by atoms with Gasteiger partial charge in [-0.05, 0) is 110 Å². The maximum Gasteiger partial charge on any atom is 0.328 e. The number of ketones is 2. The number of hydrogen-bond acceptors (Lipinski definition) is 13. The number of sulfonamides is 2. The van der Waals surface area contributed by atoms with Gasteiger partial charge in [0.15, 0.2) is 6.10 Å². The summed E-state index contributed by atoms with van der Waals surface area (Å²) in [5.74, 6) is -4.53. The van der Waals surface area contributed by atoms with Crippen LogP contribution < -0.4 is 10.6 Å². The van der Waals surface area contributed by atoms with Crippen LogP contribution in [0.5, 0.6) is 0 Å². The number of piperidine rings is 2. The van der Waals surface area contributed by atoms with E-state index >= 15 is 0 Å². The molecule has 3 N–H and O–H groups in total. The highest BCUT2D eigenvalue weighted by molar-refractivity contribution is 7.89. The molecule has 4 aliphatic rings. The van der Waals surface area contributed by atoms with Crippen molar-refractivity contribution in [3.63, 3.8) is 0 Å². The molecule has 4 rings (SSSR count). The second-order valence-electron chi connectivity index (χ2n) is 33.4. The second kappa shape index (κ2) is 27.6. The molecule has 2 heterocycles. The van der Waals surface area contributed by atoms with Gasteiger partial charge in [-0.15, -0.1) is 6.58 Å². The average molecular weight is 1270 g/mol. The average Bonchev–Trinajstić information content (AvgIpc) is 1.54. The Hall–Kier alpha value is -3.79. The molecule has 87 heavy (non-hydrogen) atoms. The van der Waals surface area contributed by atoms with Gasteiger partial charge in [0.2, 0.25) is 37.8 Å². The molecule has 0 aromatic heterocycles. The zero-order valence-corrected chi connectivity index (χ0v) is 60.1. The molecule has 2 unspecified atom stereocenters. The Bertz CT molecular complexity index is 2740. The summed E-state index contributed by atoms with van der Waals surface area (Å²) in [7, 11) is -2.81. The zero-order chi connectivity index (χ0) is 67.9. The summed E-state index contributed by atoms with van der Waals surface area (Å²) >= 11 is 0. The van der Waals surface area contributed by atoms with E-state index in [2.05, 4.69) is 44.9 Å². The first-order valence-electron chi connectivity index (χ1n) is 31.5. The number of esters is 1. The number of likely N-dealkylation sites (tertiary alicyclic amines) is 2. The minimum Gasteiger partial charge on any atom is -0.467 e. The van der Waals surface area contributed by atoms with Crippen molar-refractivity contribution in [2.75, 3.05) is 52.3 Å². The molecule has 2 saturated heterocycles. The number of carbonyl (C=O) groups is 7. The molecule has 2 aliphatic carbocycles. The number of Topliss-reactive ketones (excluding diaryl/α,β-unsaturated/α-hetero) is 2. The van der Waals surface area contributed by atoms with Crippen LogP contribution >= 0.6 is 0 Å². The largest absolute Gasteiger partial charge is 0.467 e. The molecule has 0 aromatic carbocycles. The Morgan fingerprint density at radius 1 is 0.621 bits per heavy atom. The summed E-state index contributed by atoms with van der Waals surface area (Å²) < 4.78 is 61.0. The highest BCUT2D eigenvalue weighted by Crippen LogP contribution is 2.66. The van der Waals surface area contributed by atoms with Gasteiger partial charge in [-0.1, -0.05) is 130 Å². The molecule has 4 fully saturated rings. The fraction of sp³-hybridized carbons (Fsp3) is 0.864. The first kappa shape index (κ1) is 77.5. The van der Waals surface area contributed by atoms with Crippen LogP contribution in [0.4, 0.5) is 0 Å². The first-order chi connectivity index (χ1) is 39.0. The molecular formula is C66H118N6O13S2. The summed E-state index contributed by atoms with van der Waals surface area (Å²) in [4.78, 5) is 98.3. The molecule has 4 amide bonds. The lowest BCUT2D eigenvalue weighted by molar-refractivity contribution is -0.156. The predicted molar refractivity (Wildman–Crippen MR) is 343 cm³/mol. The van der Waals surface area contributed by atoms with Crippen LogP contribution in [0.3, 0.4) is 0 Å². The van der Waals surface area contributed by atoms with Crippen LogP contribution in [-0.4, -0.2) is 169 Å². The summed E-state index contributed by atoms with van der Waals surface area (Å²) in [5.41, 5.74) is -3.45. The second-order valence-corrected chi connectivity index (χ2v) is 37.5. The van der Waals surface area contributed by atoms with E-state index in [1.165, 1.54) is 21.8 Å². The van der Waals surface area contributed by atoms with Gasteiger partial charge in [0.25, 0.3) is 5.91 Å². The quantitative estimate of drug-likeness (QED) is 0.0573. The van der Waals surface area contributed by atoms with Crippen LogP contribution in [-0.2, 0) is 58.3 Å². The third kappa shape index (κ3) is 18.9. The van der Waals surface area contributed by atoms with Crippen molar-refractivity contribution >= 4 is 61.2 Å². The minimum atomic E-state index is -3.68. The van der Waals surface area contributed by atoms with Crippen molar-refractivity contribution in [1.29, 1.82) is 0 Å². The monoisotopic (exact) mass is 1270 g/mol. The topological polar surface area (TPSA) is 254 Å². The van der Waals surface area contributed by atoms with Crippen molar-refractivity contribution in [3.8, 4) is 0 Å². The summed E-state index contributed by atoms with van der Waals surface area (Å²) in [5, 5.41) is 16.3. The van der Waals surface area contributed by atoms with Crippen LogP contribution in [0.1, 0.15) is 198 Å². The van der Waals surface area contributed by atoms with Crippen molar-refractivity contribution in [2.24, 2.45) is 79.8 Å². The number of aliphatic hydroxyl groups is 1. The standard InChI is InChI=1S/C37H66N4O7S.C29H52N2O6S/c1-15-17-27(30(43)32(45)38-18-16-2)39-31(44)29-28-26(37(28,12)13)21-41(29)33(46)25(35(6,7)8)20-24(42)19-23(34(3,4)5)22-49(47,48)40(14)36(9,10)11;1-26(2,3)18(17-38(35,36)30(12)28(7,8)9)14-19(32)15-20(27(4,5)6)24(33)31-16-21-22(29(21,10)11)23(31)25(34)37-13/h16,23,25-30,43H,2,15,17-22H2,1,3-14H3,(H,38,45)(H,39,44);18,20-23H,14-17H2,1-13H3/t23-,25-,26+,27?,28+,29+,30?;18-,20-,21+,22+,23+/m11/s1. The van der Waals surface area contributed by atoms with E-state index in [0.717, 1.165) is 0 Å². The fourth-order valence-corrected chi connectivity index (χ4v) is 17.3. The van der Waals surface area contributed by atoms with Gasteiger partial charge in [0, 0.05) is 88.2 Å². The SMILES string of the molecule is C=CCNC(=O)C(O)C(CCC)NC(=O)[C@@H]1[C@@H]2[C@H](CN1C(=O)[C@@H](CC(=O)C[C@H](CS(=O)(=O)N(C)C(C)(C)C)C(C)(C)C)C(C)(C)C)C2(C)C.COC(=O)[C@@H]1[C@@H]2[C@H](CN1C(=O)[C@@H](CC(=O)C[C@H](CS(=O)(=O)N(C)C(C)(C)C)C(C)(C)C)C(C)(C)C)C2(C)C. The molecule has 0 bridgehead atoms. The molecule has 21 heteroatoms. The van der Waals surface area contributed by atoms with Crippen molar-refractivity contribution < 1.29 is 60.2 Å². The van der Waals surface area contributed by atoms with E-state index in [9.17, 15) is 55.5 Å². The fourth-order valence-electron chi connectivity index (χ4n) is 13.0. The van der Waals surface area contributed by atoms with Crippen molar-refractivity contribution in [3.05, 3.63) is 12.7 Å². The maximum absolute atomic E-state index is 14.5.